The number of rotatable bonds is 6. The molecule has 5 nitrogen and oxygen atoms in total. The van der Waals surface area contributed by atoms with Crippen molar-refractivity contribution in [2.45, 2.75) is 19.8 Å². The number of para-hydroxylation sites is 1. The van der Waals surface area contributed by atoms with E-state index < -0.39 is 5.97 Å². The van der Waals surface area contributed by atoms with E-state index in [1.165, 1.54) is 5.56 Å². The largest absolute Gasteiger partial charge is 0.481 e. The highest BCUT2D eigenvalue weighted by Crippen LogP contribution is 2.33. The SMILES string of the molecule is CCc1ccc(-c2nc3ccccc3c(NCCC(=O)O)c2C#N)cc1. The van der Waals surface area contributed by atoms with Crippen LogP contribution >= 0.6 is 0 Å². The third kappa shape index (κ3) is 3.50. The predicted molar refractivity (Wildman–Crippen MR) is 102 cm³/mol. The van der Waals surface area contributed by atoms with Crippen LogP contribution in [0.4, 0.5) is 5.69 Å². The molecule has 0 atom stereocenters. The van der Waals surface area contributed by atoms with Crippen molar-refractivity contribution in [3.8, 4) is 17.3 Å². The number of fused-ring (bicyclic) bond motifs is 1. The Morgan fingerprint density at radius 2 is 1.92 bits per heavy atom. The van der Waals surface area contributed by atoms with Crippen molar-refractivity contribution in [3.05, 3.63) is 59.7 Å². The first-order valence-electron chi connectivity index (χ1n) is 8.52. The molecule has 0 spiro atoms. The summed E-state index contributed by atoms with van der Waals surface area (Å²) in [5, 5.41) is 22.6. The molecule has 130 valence electrons. The van der Waals surface area contributed by atoms with Crippen molar-refractivity contribution in [2.75, 3.05) is 11.9 Å². The first-order valence-corrected chi connectivity index (χ1v) is 8.52. The van der Waals surface area contributed by atoms with Crippen LogP contribution in [0.15, 0.2) is 48.5 Å². The van der Waals surface area contributed by atoms with E-state index in [1.54, 1.807) is 0 Å². The molecule has 1 aromatic heterocycles. The lowest BCUT2D eigenvalue weighted by atomic mass is 10.00. The fourth-order valence-corrected chi connectivity index (χ4v) is 2.91. The molecular formula is C21H19N3O2. The van der Waals surface area contributed by atoms with Crippen molar-refractivity contribution in [1.82, 2.24) is 4.98 Å². The summed E-state index contributed by atoms with van der Waals surface area (Å²) in [5.41, 5.74) is 4.51. The first-order chi connectivity index (χ1) is 12.6. The Labute approximate surface area is 151 Å². The number of hydrogen-bond donors (Lipinski definition) is 2. The minimum Gasteiger partial charge on any atom is -0.481 e. The lowest BCUT2D eigenvalue weighted by Gasteiger charge is -2.14. The Kier molecular flexibility index (Phi) is 5.14. The molecule has 0 aliphatic heterocycles. The van der Waals surface area contributed by atoms with Crippen LogP contribution < -0.4 is 5.32 Å². The molecule has 0 radical (unpaired) electrons. The number of hydrogen-bond acceptors (Lipinski definition) is 4. The lowest BCUT2D eigenvalue weighted by Crippen LogP contribution is -2.10. The molecule has 0 aliphatic rings. The van der Waals surface area contributed by atoms with Crippen molar-refractivity contribution in [2.24, 2.45) is 0 Å². The van der Waals surface area contributed by atoms with Crippen LogP contribution in [0.2, 0.25) is 0 Å². The number of nitriles is 1. The van der Waals surface area contributed by atoms with Gasteiger partial charge in [-0.05, 0) is 18.1 Å². The Bertz CT molecular complexity index is 989. The van der Waals surface area contributed by atoms with Crippen molar-refractivity contribution in [1.29, 1.82) is 5.26 Å². The van der Waals surface area contributed by atoms with Crippen LogP contribution in [0.3, 0.4) is 0 Å². The monoisotopic (exact) mass is 345 g/mol. The van der Waals surface area contributed by atoms with Gasteiger partial charge in [0.1, 0.15) is 11.6 Å². The molecule has 0 saturated heterocycles. The lowest BCUT2D eigenvalue weighted by molar-refractivity contribution is -0.136. The Hall–Kier alpha value is -3.39. The van der Waals surface area contributed by atoms with Gasteiger partial charge in [-0.25, -0.2) is 4.98 Å². The summed E-state index contributed by atoms with van der Waals surface area (Å²) >= 11 is 0. The van der Waals surface area contributed by atoms with Crippen molar-refractivity contribution < 1.29 is 9.90 Å². The van der Waals surface area contributed by atoms with E-state index in [9.17, 15) is 10.1 Å². The summed E-state index contributed by atoms with van der Waals surface area (Å²) in [4.78, 5) is 15.5. The second-order valence-corrected chi connectivity index (χ2v) is 5.96. The fourth-order valence-electron chi connectivity index (χ4n) is 2.91. The van der Waals surface area contributed by atoms with E-state index in [0.29, 0.717) is 16.9 Å². The maximum atomic E-state index is 10.8. The molecule has 0 saturated carbocycles. The normalized spacial score (nSPS) is 10.5. The third-order valence-electron chi connectivity index (χ3n) is 4.28. The number of pyridine rings is 1. The van der Waals surface area contributed by atoms with Gasteiger partial charge in [0, 0.05) is 17.5 Å². The van der Waals surface area contributed by atoms with E-state index in [2.05, 4.69) is 18.3 Å². The molecule has 0 bridgehead atoms. The van der Waals surface area contributed by atoms with Crippen LogP contribution in [-0.2, 0) is 11.2 Å². The quantitative estimate of drug-likeness (QED) is 0.698. The molecular weight excluding hydrogens is 326 g/mol. The molecule has 0 fully saturated rings. The van der Waals surface area contributed by atoms with Gasteiger partial charge in [0.25, 0.3) is 0 Å². The molecule has 1 heterocycles. The van der Waals surface area contributed by atoms with E-state index in [-0.39, 0.29) is 13.0 Å². The second-order valence-electron chi connectivity index (χ2n) is 5.96. The average Bonchev–Trinajstić information content (AvgIpc) is 2.67. The number of nitrogens with one attached hydrogen (secondary N) is 1. The van der Waals surface area contributed by atoms with Gasteiger partial charge in [-0.15, -0.1) is 0 Å². The highest BCUT2D eigenvalue weighted by molar-refractivity contribution is 5.98. The number of aliphatic carboxylic acids is 1. The Morgan fingerprint density at radius 1 is 1.19 bits per heavy atom. The van der Waals surface area contributed by atoms with Gasteiger partial charge in [0.15, 0.2) is 0 Å². The smallest absolute Gasteiger partial charge is 0.305 e. The third-order valence-corrected chi connectivity index (χ3v) is 4.28. The first kappa shape index (κ1) is 17.4. The molecule has 3 rings (SSSR count). The zero-order valence-electron chi connectivity index (χ0n) is 14.5. The van der Waals surface area contributed by atoms with Crippen LogP contribution in [-0.4, -0.2) is 22.6 Å². The molecule has 2 N–H and O–H groups in total. The number of carboxylic acids is 1. The van der Waals surface area contributed by atoms with Crippen LogP contribution in [0, 0.1) is 11.3 Å². The minimum atomic E-state index is -0.884. The van der Waals surface area contributed by atoms with Crippen LogP contribution in [0.25, 0.3) is 22.2 Å². The fraction of sp³-hybridized carbons (Fsp3) is 0.190. The van der Waals surface area contributed by atoms with Crippen molar-refractivity contribution in [3.63, 3.8) is 0 Å². The molecule has 0 aliphatic carbocycles. The molecule has 0 amide bonds. The summed E-state index contributed by atoms with van der Waals surface area (Å²) in [6, 6.07) is 17.8. The van der Waals surface area contributed by atoms with Gasteiger partial charge in [-0.1, -0.05) is 49.4 Å². The van der Waals surface area contributed by atoms with Crippen LogP contribution in [0.1, 0.15) is 24.5 Å². The number of nitrogens with zero attached hydrogens (tertiary/aromatic N) is 2. The molecule has 0 unspecified atom stereocenters. The second kappa shape index (κ2) is 7.66. The standard InChI is InChI=1S/C21H19N3O2/c1-2-14-7-9-15(10-8-14)20-17(13-22)21(23-12-11-19(25)26)16-5-3-4-6-18(16)24-20/h3-10H,2,11-12H2,1H3,(H,23,24)(H,25,26). The maximum Gasteiger partial charge on any atom is 0.305 e. The van der Waals surface area contributed by atoms with E-state index in [4.69, 9.17) is 10.1 Å². The van der Waals surface area contributed by atoms with E-state index in [0.717, 1.165) is 22.9 Å². The summed E-state index contributed by atoms with van der Waals surface area (Å²) in [5.74, 6) is -0.884. The summed E-state index contributed by atoms with van der Waals surface area (Å²) in [6.07, 6.45) is 0.917. The summed E-state index contributed by atoms with van der Waals surface area (Å²) < 4.78 is 0. The number of carbonyl (C=O) groups is 1. The highest BCUT2D eigenvalue weighted by Gasteiger charge is 2.16. The maximum absolute atomic E-state index is 10.8. The van der Waals surface area contributed by atoms with Gasteiger partial charge in [0.05, 0.1) is 23.3 Å². The highest BCUT2D eigenvalue weighted by atomic mass is 16.4. The van der Waals surface area contributed by atoms with Gasteiger partial charge in [0.2, 0.25) is 0 Å². The Morgan fingerprint density at radius 3 is 2.58 bits per heavy atom. The number of aryl methyl sites for hydroxylation is 1. The summed E-state index contributed by atoms with van der Waals surface area (Å²) in [6.45, 7) is 2.33. The molecule has 3 aromatic rings. The number of benzene rings is 2. The van der Waals surface area contributed by atoms with Gasteiger partial charge >= 0.3 is 5.97 Å². The minimum absolute atomic E-state index is 0.0257. The van der Waals surface area contributed by atoms with E-state index in [1.807, 2.05) is 48.5 Å². The Balaban J connectivity index is 2.16. The van der Waals surface area contributed by atoms with Gasteiger partial charge < -0.3 is 10.4 Å². The molecule has 26 heavy (non-hydrogen) atoms. The van der Waals surface area contributed by atoms with E-state index >= 15 is 0 Å². The zero-order valence-corrected chi connectivity index (χ0v) is 14.5. The number of aromatic nitrogens is 1. The average molecular weight is 345 g/mol. The van der Waals surface area contributed by atoms with Gasteiger partial charge in [-0.3, -0.25) is 4.79 Å². The van der Waals surface area contributed by atoms with Crippen molar-refractivity contribution >= 4 is 22.6 Å². The topological polar surface area (TPSA) is 86.0 Å². The van der Waals surface area contributed by atoms with Gasteiger partial charge in [-0.2, -0.15) is 5.26 Å². The molecule has 5 heteroatoms. The van der Waals surface area contributed by atoms with Crippen LogP contribution in [0.5, 0.6) is 0 Å². The zero-order chi connectivity index (χ0) is 18.5. The molecule has 2 aromatic carbocycles. The predicted octanol–water partition coefficient (Wildman–Crippen LogP) is 4.22. The summed E-state index contributed by atoms with van der Waals surface area (Å²) in [7, 11) is 0. The number of carboxylic acid groups (broad SMARTS) is 1. The number of anilines is 1.